The van der Waals surface area contributed by atoms with Gasteiger partial charge in [-0.05, 0) is 73.4 Å². The fourth-order valence-electron chi connectivity index (χ4n) is 2.86. The van der Waals surface area contributed by atoms with Crippen molar-refractivity contribution in [3.05, 3.63) is 58.7 Å². The van der Waals surface area contributed by atoms with Crippen molar-refractivity contribution in [1.82, 2.24) is 0 Å². The second-order valence-electron chi connectivity index (χ2n) is 5.95. The van der Waals surface area contributed by atoms with Gasteiger partial charge in [-0.3, -0.25) is 4.79 Å². The molecule has 0 aliphatic heterocycles. The van der Waals surface area contributed by atoms with E-state index in [0.717, 1.165) is 23.2 Å². The quantitative estimate of drug-likeness (QED) is 0.526. The smallest absolute Gasteiger partial charge is 0.185 e. The molecule has 2 rings (SSSR count). The van der Waals surface area contributed by atoms with Crippen LogP contribution in [0, 0.1) is 0 Å². The van der Waals surface area contributed by atoms with Gasteiger partial charge < -0.3 is 15.2 Å². The van der Waals surface area contributed by atoms with Gasteiger partial charge in [0.05, 0.1) is 12.2 Å². The first-order chi connectivity index (χ1) is 12.5. The molecule has 0 saturated heterocycles. The first kappa shape index (κ1) is 19.6. The summed E-state index contributed by atoms with van der Waals surface area (Å²) in [4.78, 5) is 12.5. The molecule has 0 unspecified atom stereocenters. The number of allylic oxidation sites excluding steroid dienone is 1. The van der Waals surface area contributed by atoms with Crippen LogP contribution in [0.25, 0.3) is 6.08 Å². The lowest BCUT2D eigenvalue weighted by Crippen LogP contribution is -2.02. The summed E-state index contributed by atoms with van der Waals surface area (Å²) in [6.45, 7) is 6.46. The largest absolute Gasteiger partial charge is 0.507 e. The zero-order valence-electron chi connectivity index (χ0n) is 15.9. The zero-order chi connectivity index (χ0) is 19.1. The Kier molecular flexibility index (Phi) is 6.84. The van der Waals surface area contributed by atoms with Gasteiger partial charge in [0.25, 0.3) is 0 Å². The zero-order valence-corrected chi connectivity index (χ0v) is 15.9. The number of benzene rings is 2. The van der Waals surface area contributed by atoms with E-state index in [4.69, 9.17) is 4.74 Å². The van der Waals surface area contributed by atoms with Crippen LogP contribution < -0.4 is 10.1 Å². The number of aromatic hydroxyl groups is 1. The third-order valence-electron chi connectivity index (χ3n) is 4.35. The van der Waals surface area contributed by atoms with Crippen molar-refractivity contribution in [2.75, 3.05) is 19.0 Å². The number of aryl methyl sites for hydroxylation is 2. The van der Waals surface area contributed by atoms with Gasteiger partial charge in [0.2, 0.25) is 0 Å². The molecule has 0 fully saturated rings. The van der Waals surface area contributed by atoms with Crippen LogP contribution in [-0.2, 0) is 12.8 Å². The highest BCUT2D eigenvalue weighted by molar-refractivity contribution is 6.07. The van der Waals surface area contributed by atoms with Crippen molar-refractivity contribution in [2.24, 2.45) is 0 Å². The number of ketones is 1. The molecule has 2 aromatic carbocycles. The molecule has 0 aromatic heterocycles. The molecule has 0 bridgehead atoms. The van der Waals surface area contributed by atoms with Crippen LogP contribution in [0.2, 0.25) is 0 Å². The standard InChI is InChI=1S/C22H27NO3/c1-5-15-14-16(6-2)22(26-7-3)19(21(15)25)12-13-20(24)17-8-10-18(23-4)11-9-17/h8-14,23,25H,5-7H2,1-4H3. The highest BCUT2D eigenvalue weighted by Gasteiger charge is 2.16. The van der Waals surface area contributed by atoms with Crippen LogP contribution in [0.1, 0.15) is 47.8 Å². The number of ether oxygens (including phenoxy) is 1. The summed E-state index contributed by atoms with van der Waals surface area (Å²) in [7, 11) is 1.83. The molecule has 26 heavy (non-hydrogen) atoms. The molecule has 0 atom stereocenters. The van der Waals surface area contributed by atoms with E-state index in [9.17, 15) is 9.90 Å². The molecule has 2 aromatic rings. The Bertz CT molecular complexity index is 792. The van der Waals surface area contributed by atoms with Crippen molar-refractivity contribution in [3.63, 3.8) is 0 Å². The fourth-order valence-corrected chi connectivity index (χ4v) is 2.86. The fraction of sp³-hybridized carbons (Fsp3) is 0.318. The summed E-state index contributed by atoms with van der Waals surface area (Å²) in [6, 6.07) is 9.26. The first-order valence-corrected chi connectivity index (χ1v) is 9.06. The number of phenolic OH excluding ortho intramolecular Hbond substituents is 1. The number of hydrogen-bond acceptors (Lipinski definition) is 4. The van der Waals surface area contributed by atoms with Crippen molar-refractivity contribution in [3.8, 4) is 11.5 Å². The van der Waals surface area contributed by atoms with E-state index in [1.165, 1.54) is 6.08 Å². The summed E-state index contributed by atoms with van der Waals surface area (Å²) in [5.74, 6) is 0.719. The topological polar surface area (TPSA) is 58.6 Å². The number of carbonyl (C=O) groups excluding carboxylic acids is 1. The second-order valence-corrected chi connectivity index (χ2v) is 5.95. The molecule has 4 heteroatoms. The van der Waals surface area contributed by atoms with E-state index >= 15 is 0 Å². The maximum atomic E-state index is 12.5. The Labute approximate surface area is 155 Å². The first-order valence-electron chi connectivity index (χ1n) is 9.06. The molecule has 0 saturated carbocycles. The Morgan fingerprint density at radius 1 is 1.12 bits per heavy atom. The van der Waals surface area contributed by atoms with Crippen LogP contribution in [-0.4, -0.2) is 24.5 Å². The van der Waals surface area contributed by atoms with Crippen LogP contribution in [0.3, 0.4) is 0 Å². The molecule has 2 N–H and O–H groups in total. The van der Waals surface area contributed by atoms with Crippen molar-refractivity contribution < 1.29 is 14.6 Å². The van der Waals surface area contributed by atoms with Gasteiger partial charge in [-0.25, -0.2) is 0 Å². The third kappa shape index (κ3) is 4.26. The predicted octanol–water partition coefficient (Wildman–Crippen LogP) is 4.85. The summed E-state index contributed by atoms with van der Waals surface area (Å²) in [6.07, 6.45) is 4.66. The Morgan fingerprint density at radius 3 is 2.31 bits per heavy atom. The molecular formula is C22H27NO3. The van der Waals surface area contributed by atoms with Crippen LogP contribution in [0.5, 0.6) is 11.5 Å². The minimum absolute atomic E-state index is 0.116. The van der Waals surface area contributed by atoms with Crippen molar-refractivity contribution in [1.29, 1.82) is 0 Å². The SMILES string of the molecule is CCOc1c(CC)cc(CC)c(O)c1C=CC(=O)c1ccc(NC)cc1. The number of hydrogen-bond donors (Lipinski definition) is 2. The minimum Gasteiger partial charge on any atom is -0.507 e. The van der Waals surface area contributed by atoms with Gasteiger partial charge in [0.15, 0.2) is 5.78 Å². The average Bonchev–Trinajstić information content (AvgIpc) is 2.68. The molecule has 0 spiro atoms. The minimum atomic E-state index is -0.116. The van der Waals surface area contributed by atoms with E-state index in [1.54, 1.807) is 18.2 Å². The van der Waals surface area contributed by atoms with Gasteiger partial charge in [-0.2, -0.15) is 0 Å². The number of nitrogens with one attached hydrogen (secondary N) is 1. The summed E-state index contributed by atoms with van der Waals surface area (Å²) < 4.78 is 5.78. The van der Waals surface area contributed by atoms with Crippen LogP contribution in [0.15, 0.2) is 36.4 Å². The predicted molar refractivity (Wildman–Crippen MR) is 107 cm³/mol. The average molecular weight is 353 g/mol. The van der Waals surface area contributed by atoms with E-state index < -0.39 is 0 Å². The lowest BCUT2D eigenvalue weighted by molar-refractivity contribution is 0.104. The monoisotopic (exact) mass is 353 g/mol. The molecule has 0 radical (unpaired) electrons. The summed E-state index contributed by atoms with van der Waals surface area (Å²) in [5.41, 5.74) is 4.01. The maximum Gasteiger partial charge on any atom is 0.185 e. The third-order valence-corrected chi connectivity index (χ3v) is 4.35. The van der Waals surface area contributed by atoms with Crippen LogP contribution in [0.4, 0.5) is 5.69 Å². The lowest BCUT2D eigenvalue weighted by atomic mass is 9.98. The van der Waals surface area contributed by atoms with E-state index in [0.29, 0.717) is 29.9 Å². The summed E-state index contributed by atoms with van der Waals surface area (Å²) in [5, 5.41) is 13.6. The Hall–Kier alpha value is -2.75. The van der Waals surface area contributed by atoms with Gasteiger partial charge in [-0.1, -0.05) is 13.8 Å². The molecule has 0 aliphatic rings. The highest BCUT2D eigenvalue weighted by atomic mass is 16.5. The Morgan fingerprint density at radius 2 is 1.77 bits per heavy atom. The normalized spacial score (nSPS) is 10.9. The molecule has 4 nitrogen and oxygen atoms in total. The molecular weight excluding hydrogens is 326 g/mol. The molecule has 0 amide bonds. The van der Waals surface area contributed by atoms with Gasteiger partial charge in [0.1, 0.15) is 11.5 Å². The number of carbonyl (C=O) groups is 1. The second kappa shape index (κ2) is 9.09. The van der Waals surface area contributed by atoms with E-state index in [-0.39, 0.29) is 11.5 Å². The summed E-state index contributed by atoms with van der Waals surface area (Å²) >= 11 is 0. The lowest BCUT2D eigenvalue weighted by Gasteiger charge is -2.16. The number of anilines is 1. The van der Waals surface area contributed by atoms with Gasteiger partial charge in [0, 0.05) is 18.3 Å². The molecule has 138 valence electrons. The van der Waals surface area contributed by atoms with Gasteiger partial charge in [-0.15, -0.1) is 0 Å². The highest BCUT2D eigenvalue weighted by Crippen LogP contribution is 2.37. The number of rotatable bonds is 8. The molecule has 0 heterocycles. The van der Waals surface area contributed by atoms with E-state index in [1.807, 2.05) is 39.1 Å². The number of phenols is 1. The maximum absolute atomic E-state index is 12.5. The van der Waals surface area contributed by atoms with E-state index in [2.05, 4.69) is 12.2 Å². The molecule has 0 aliphatic carbocycles. The van der Waals surface area contributed by atoms with Crippen molar-refractivity contribution >= 4 is 17.5 Å². The van der Waals surface area contributed by atoms with Crippen LogP contribution >= 0.6 is 0 Å². The Balaban J connectivity index is 2.42. The van der Waals surface area contributed by atoms with Crippen molar-refractivity contribution in [2.45, 2.75) is 33.6 Å². The van der Waals surface area contributed by atoms with Gasteiger partial charge >= 0.3 is 0 Å².